The molecule has 1 amide bonds. The van der Waals surface area contributed by atoms with Crippen molar-refractivity contribution in [1.29, 1.82) is 0 Å². The van der Waals surface area contributed by atoms with Gasteiger partial charge in [0.15, 0.2) is 0 Å². The first-order valence-electron chi connectivity index (χ1n) is 6.97. The molecule has 19 heavy (non-hydrogen) atoms. The summed E-state index contributed by atoms with van der Waals surface area (Å²) in [4.78, 5) is 11.9. The van der Waals surface area contributed by atoms with E-state index in [2.05, 4.69) is 26.1 Å². The Morgan fingerprint density at radius 3 is 2.58 bits per heavy atom. The molecule has 0 saturated heterocycles. The SMILES string of the molecule is C[C@@H]1C[C@H](OC(=O)Nc2ccccc2)CC(C)(C)C1. The molecule has 3 nitrogen and oxygen atoms in total. The van der Waals surface area contributed by atoms with Crippen LogP contribution >= 0.6 is 0 Å². The van der Waals surface area contributed by atoms with E-state index in [1.807, 2.05) is 30.3 Å². The number of nitrogens with one attached hydrogen (secondary N) is 1. The summed E-state index contributed by atoms with van der Waals surface area (Å²) in [7, 11) is 0. The minimum atomic E-state index is -0.346. The average molecular weight is 261 g/mol. The quantitative estimate of drug-likeness (QED) is 0.854. The predicted molar refractivity (Wildman–Crippen MR) is 77.1 cm³/mol. The van der Waals surface area contributed by atoms with Gasteiger partial charge < -0.3 is 4.74 Å². The number of ether oxygens (including phenoxy) is 1. The van der Waals surface area contributed by atoms with Crippen LogP contribution in [0.3, 0.4) is 0 Å². The summed E-state index contributed by atoms with van der Waals surface area (Å²) >= 11 is 0. The second kappa shape index (κ2) is 5.64. The van der Waals surface area contributed by atoms with Crippen LogP contribution in [0.25, 0.3) is 0 Å². The zero-order valence-corrected chi connectivity index (χ0v) is 12.0. The highest BCUT2D eigenvalue weighted by atomic mass is 16.6. The lowest BCUT2D eigenvalue weighted by Gasteiger charge is -2.38. The minimum absolute atomic E-state index is 0.0301. The summed E-state index contributed by atoms with van der Waals surface area (Å²) in [5.74, 6) is 0.610. The van der Waals surface area contributed by atoms with Crippen LogP contribution in [0.5, 0.6) is 0 Å². The monoisotopic (exact) mass is 261 g/mol. The molecule has 2 rings (SSSR count). The second-order valence-corrected chi connectivity index (χ2v) is 6.43. The highest BCUT2D eigenvalue weighted by Crippen LogP contribution is 2.39. The van der Waals surface area contributed by atoms with Crippen LogP contribution in [0.4, 0.5) is 10.5 Å². The van der Waals surface area contributed by atoms with Gasteiger partial charge in [-0.05, 0) is 42.7 Å². The molecule has 0 aliphatic heterocycles. The lowest BCUT2D eigenvalue weighted by atomic mass is 9.71. The molecule has 0 unspecified atom stereocenters. The first kappa shape index (κ1) is 13.9. The highest BCUT2D eigenvalue weighted by Gasteiger charge is 2.33. The van der Waals surface area contributed by atoms with Crippen molar-refractivity contribution < 1.29 is 9.53 Å². The number of benzene rings is 1. The Balaban J connectivity index is 1.88. The fourth-order valence-corrected chi connectivity index (χ4v) is 3.17. The fourth-order valence-electron chi connectivity index (χ4n) is 3.17. The first-order valence-corrected chi connectivity index (χ1v) is 6.97. The Labute approximate surface area is 115 Å². The molecule has 1 fully saturated rings. The summed E-state index contributed by atoms with van der Waals surface area (Å²) in [5, 5.41) is 2.77. The van der Waals surface area contributed by atoms with Crippen molar-refractivity contribution in [3.05, 3.63) is 30.3 Å². The van der Waals surface area contributed by atoms with Crippen LogP contribution in [-0.2, 0) is 4.74 Å². The van der Waals surface area contributed by atoms with Crippen LogP contribution in [0.15, 0.2) is 30.3 Å². The number of carbonyl (C=O) groups is 1. The summed E-state index contributed by atoms with van der Waals surface area (Å²) in [6.07, 6.45) is 2.79. The molecule has 2 atom stereocenters. The van der Waals surface area contributed by atoms with Gasteiger partial charge in [-0.3, -0.25) is 5.32 Å². The van der Waals surface area contributed by atoms with Crippen molar-refractivity contribution in [3.63, 3.8) is 0 Å². The van der Waals surface area contributed by atoms with E-state index in [4.69, 9.17) is 4.74 Å². The Kier molecular flexibility index (Phi) is 4.13. The van der Waals surface area contributed by atoms with Gasteiger partial charge in [-0.1, -0.05) is 39.0 Å². The Morgan fingerprint density at radius 2 is 1.95 bits per heavy atom. The number of para-hydroxylation sites is 1. The van der Waals surface area contributed by atoms with E-state index in [9.17, 15) is 4.79 Å². The third-order valence-electron chi connectivity index (χ3n) is 3.64. The number of anilines is 1. The predicted octanol–water partition coefficient (Wildman–Crippen LogP) is 4.45. The van der Waals surface area contributed by atoms with Gasteiger partial charge in [0.05, 0.1) is 0 Å². The normalized spacial score (nSPS) is 25.6. The fraction of sp³-hybridized carbons (Fsp3) is 0.562. The number of hydrogen-bond acceptors (Lipinski definition) is 2. The highest BCUT2D eigenvalue weighted by molar-refractivity contribution is 5.84. The third-order valence-corrected chi connectivity index (χ3v) is 3.64. The lowest BCUT2D eigenvalue weighted by molar-refractivity contribution is 0.0250. The molecule has 3 heteroatoms. The summed E-state index contributed by atoms with van der Waals surface area (Å²) in [6.45, 7) is 6.72. The van der Waals surface area contributed by atoms with Gasteiger partial charge in [-0.2, -0.15) is 0 Å². The number of carbonyl (C=O) groups excluding carboxylic acids is 1. The first-order chi connectivity index (χ1) is 8.94. The second-order valence-electron chi connectivity index (χ2n) is 6.43. The van der Waals surface area contributed by atoms with Gasteiger partial charge in [0.1, 0.15) is 6.10 Å². The zero-order chi connectivity index (χ0) is 13.9. The van der Waals surface area contributed by atoms with Crippen LogP contribution in [-0.4, -0.2) is 12.2 Å². The molecule has 0 heterocycles. The Hall–Kier alpha value is -1.51. The molecular formula is C16H23NO2. The molecule has 1 aromatic rings. The molecule has 0 spiro atoms. The molecule has 0 aromatic heterocycles. The number of amides is 1. The van der Waals surface area contributed by atoms with Crippen LogP contribution in [0, 0.1) is 11.3 Å². The average Bonchev–Trinajstić information content (AvgIpc) is 2.26. The van der Waals surface area contributed by atoms with Gasteiger partial charge in [0, 0.05) is 5.69 Å². The molecular weight excluding hydrogens is 238 g/mol. The minimum Gasteiger partial charge on any atom is -0.446 e. The molecule has 0 radical (unpaired) electrons. The summed E-state index contributed by atoms with van der Waals surface area (Å²) in [6, 6.07) is 9.41. The standard InChI is InChI=1S/C16H23NO2/c1-12-9-14(11-16(2,3)10-12)19-15(18)17-13-7-5-4-6-8-13/h4-8,12,14H,9-11H2,1-3H3,(H,17,18)/t12-,14+/m1/s1. The van der Waals surface area contributed by atoms with Gasteiger partial charge in [-0.15, -0.1) is 0 Å². The van der Waals surface area contributed by atoms with Gasteiger partial charge in [-0.25, -0.2) is 4.79 Å². The molecule has 1 aliphatic rings. The van der Waals surface area contributed by atoms with Crippen molar-refractivity contribution in [2.75, 3.05) is 5.32 Å². The van der Waals surface area contributed by atoms with E-state index < -0.39 is 0 Å². The number of rotatable bonds is 2. The van der Waals surface area contributed by atoms with Crippen molar-refractivity contribution in [3.8, 4) is 0 Å². The van der Waals surface area contributed by atoms with Crippen LogP contribution < -0.4 is 5.32 Å². The summed E-state index contributed by atoms with van der Waals surface area (Å²) in [5.41, 5.74) is 1.03. The van der Waals surface area contributed by atoms with Crippen LogP contribution in [0.2, 0.25) is 0 Å². The lowest BCUT2D eigenvalue weighted by Crippen LogP contribution is -2.34. The molecule has 1 N–H and O–H groups in total. The molecule has 104 valence electrons. The van der Waals surface area contributed by atoms with E-state index in [-0.39, 0.29) is 17.6 Å². The van der Waals surface area contributed by atoms with E-state index in [0.29, 0.717) is 5.92 Å². The van der Waals surface area contributed by atoms with E-state index in [1.54, 1.807) is 0 Å². The Bertz CT molecular complexity index is 428. The van der Waals surface area contributed by atoms with Crippen LogP contribution in [0.1, 0.15) is 40.0 Å². The number of hydrogen-bond donors (Lipinski definition) is 1. The summed E-state index contributed by atoms with van der Waals surface area (Å²) < 4.78 is 5.55. The molecule has 1 aromatic carbocycles. The molecule has 0 bridgehead atoms. The van der Waals surface area contributed by atoms with Gasteiger partial charge >= 0.3 is 6.09 Å². The Morgan fingerprint density at radius 1 is 1.26 bits per heavy atom. The largest absolute Gasteiger partial charge is 0.446 e. The van der Waals surface area contributed by atoms with E-state index in [1.165, 1.54) is 6.42 Å². The topological polar surface area (TPSA) is 38.3 Å². The maximum Gasteiger partial charge on any atom is 0.411 e. The maximum atomic E-state index is 11.9. The third kappa shape index (κ3) is 4.27. The molecule has 1 saturated carbocycles. The van der Waals surface area contributed by atoms with Crippen molar-refractivity contribution in [2.45, 2.75) is 46.1 Å². The smallest absolute Gasteiger partial charge is 0.411 e. The van der Waals surface area contributed by atoms with Gasteiger partial charge in [0.25, 0.3) is 0 Å². The maximum absolute atomic E-state index is 11.9. The van der Waals surface area contributed by atoms with Crippen molar-refractivity contribution in [2.24, 2.45) is 11.3 Å². The van der Waals surface area contributed by atoms with Gasteiger partial charge in [0.2, 0.25) is 0 Å². The van der Waals surface area contributed by atoms with E-state index >= 15 is 0 Å². The molecule has 1 aliphatic carbocycles. The zero-order valence-electron chi connectivity index (χ0n) is 12.0. The van der Waals surface area contributed by atoms with Crippen molar-refractivity contribution in [1.82, 2.24) is 0 Å². The van der Waals surface area contributed by atoms with Crippen molar-refractivity contribution >= 4 is 11.8 Å². The van der Waals surface area contributed by atoms with E-state index in [0.717, 1.165) is 18.5 Å².